The van der Waals surface area contributed by atoms with Gasteiger partial charge in [0.05, 0.1) is 11.4 Å². The average Bonchev–Trinajstić information content (AvgIpc) is 2.94. The Morgan fingerprint density at radius 3 is 2.87 bits per heavy atom. The molecule has 1 aromatic heterocycles. The van der Waals surface area contributed by atoms with Crippen LogP contribution in [0.5, 0.6) is 0 Å². The molecule has 1 heterocycles. The number of anilines is 1. The van der Waals surface area contributed by atoms with E-state index in [4.69, 9.17) is 14.5 Å². The van der Waals surface area contributed by atoms with Crippen LogP contribution in [0.4, 0.5) is 5.69 Å². The molecule has 0 atom stereocenters. The Balaban J connectivity index is 1.90. The van der Waals surface area contributed by atoms with Crippen molar-refractivity contribution >= 4 is 45.3 Å². The maximum absolute atomic E-state index is 11.8. The monoisotopic (exact) mass is 395 g/mol. The summed E-state index contributed by atoms with van der Waals surface area (Å²) in [7, 11) is 0. The Hall–Kier alpha value is -2.31. The molecule has 0 saturated carbocycles. The lowest BCUT2D eigenvalue weighted by atomic mass is 10.3. The van der Waals surface area contributed by atoms with E-state index in [1.54, 1.807) is 25.1 Å². The summed E-state index contributed by atoms with van der Waals surface area (Å²) >= 11 is 4.30. The summed E-state index contributed by atoms with van der Waals surface area (Å²) in [6, 6.07) is 6.45. The first-order valence-electron chi connectivity index (χ1n) is 6.25. The van der Waals surface area contributed by atoms with E-state index in [9.17, 15) is 9.59 Å². The number of nitriles is 1. The molecule has 9 heteroatoms. The fourth-order valence-electron chi connectivity index (χ4n) is 1.56. The Morgan fingerprint density at radius 1 is 1.48 bits per heavy atom. The standard InChI is InChI=1S/C14H10BrN3O4S/c1-8-4-12(22-18-8)14(20)21-6-13(19)17-11-3-2-9(23-7-16)5-10(11)15/h2-5H,6H2,1H3,(H,17,19). The predicted molar refractivity (Wildman–Crippen MR) is 85.8 cm³/mol. The molecule has 0 fully saturated rings. The van der Waals surface area contributed by atoms with E-state index < -0.39 is 18.5 Å². The maximum atomic E-state index is 11.8. The zero-order valence-electron chi connectivity index (χ0n) is 11.8. The maximum Gasteiger partial charge on any atom is 0.377 e. The molecular weight excluding hydrogens is 386 g/mol. The topological polar surface area (TPSA) is 105 Å². The van der Waals surface area contributed by atoms with Gasteiger partial charge >= 0.3 is 5.97 Å². The fourth-order valence-corrected chi connectivity index (χ4v) is 2.61. The van der Waals surface area contributed by atoms with Gasteiger partial charge in [-0.05, 0) is 52.8 Å². The number of thioether (sulfide) groups is 1. The van der Waals surface area contributed by atoms with Crippen molar-refractivity contribution < 1.29 is 18.8 Å². The molecule has 23 heavy (non-hydrogen) atoms. The molecule has 0 aliphatic rings. The van der Waals surface area contributed by atoms with Crippen molar-refractivity contribution in [3.8, 4) is 5.40 Å². The van der Waals surface area contributed by atoms with Gasteiger partial charge in [-0.2, -0.15) is 5.26 Å². The second-order valence-corrected chi connectivity index (χ2v) is 6.00. The first-order valence-corrected chi connectivity index (χ1v) is 7.86. The van der Waals surface area contributed by atoms with E-state index in [1.165, 1.54) is 6.07 Å². The Bertz CT molecular complexity index is 785. The van der Waals surface area contributed by atoms with Gasteiger partial charge in [-0.25, -0.2) is 4.79 Å². The first-order chi connectivity index (χ1) is 11.0. The van der Waals surface area contributed by atoms with Crippen LogP contribution in [0.15, 0.2) is 38.2 Å². The molecule has 1 N–H and O–H groups in total. The minimum Gasteiger partial charge on any atom is -0.450 e. The number of thiocyanates is 1. The lowest BCUT2D eigenvalue weighted by molar-refractivity contribution is -0.119. The summed E-state index contributed by atoms with van der Waals surface area (Å²) in [6.45, 7) is 1.21. The van der Waals surface area contributed by atoms with Gasteiger partial charge in [0.1, 0.15) is 5.40 Å². The van der Waals surface area contributed by atoms with E-state index in [-0.39, 0.29) is 5.76 Å². The van der Waals surface area contributed by atoms with Crippen molar-refractivity contribution in [1.29, 1.82) is 5.26 Å². The second kappa shape index (κ2) is 7.80. The number of carbonyl (C=O) groups is 2. The molecule has 0 radical (unpaired) electrons. The highest BCUT2D eigenvalue weighted by molar-refractivity contribution is 9.10. The third kappa shape index (κ3) is 4.84. The van der Waals surface area contributed by atoms with Crippen LogP contribution in [0.25, 0.3) is 0 Å². The van der Waals surface area contributed by atoms with Crippen molar-refractivity contribution in [2.24, 2.45) is 0 Å². The first kappa shape index (κ1) is 17.1. The predicted octanol–water partition coefficient (Wildman–Crippen LogP) is 3.11. The largest absolute Gasteiger partial charge is 0.450 e. The Labute approximate surface area is 144 Å². The van der Waals surface area contributed by atoms with Crippen LogP contribution in [0.3, 0.4) is 0 Å². The Morgan fingerprint density at radius 2 is 2.26 bits per heavy atom. The highest BCUT2D eigenvalue weighted by Crippen LogP contribution is 2.28. The minimum atomic E-state index is -0.763. The molecule has 0 spiro atoms. The van der Waals surface area contributed by atoms with Crippen molar-refractivity contribution in [3.63, 3.8) is 0 Å². The Kier molecular flexibility index (Phi) is 5.78. The third-order valence-electron chi connectivity index (χ3n) is 2.54. The van der Waals surface area contributed by atoms with Crippen LogP contribution in [-0.2, 0) is 9.53 Å². The number of hydrogen-bond donors (Lipinski definition) is 1. The van der Waals surface area contributed by atoms with E-state index in [0.717, 1.165) is 16.7 Å². The van der Waals surface area contributed by atoms with Gasteiger partial charge in [-0.3, -0.25) is 4.79 Å². The normalized spacial score (nSPS) is 9.96. The van der Waals surface area contributed by atoms with Gasteiger partial charge in [0, 0.05) is 15.4 Å². The van der Waals surface area contributed by atoms with Crippen molar-refractivity contribution in [3.05, 3.63) is 40.2 Å². The number of benzene rings is 1. The van der Waals surface area contributed by atoms with Crippen LogP contribution in [0.1, 0.15) is 16.2 Å². The quantitative estimate of drug-likeness (QED) is 0.470. The van der Waals surface area contributed by atoms with Crippen LogP contribution in [0.2, 0.25) is 0 Å². The average molecular weight is 396 g/mol. The van der Waals surface area contributed by atoms with Crippen LogP contribution in [0, 0.1) is 17.6 Å². The van der Waals surface area contributed by atoms with Crippen molar-refractivity contribution in [2.75, 3.05) is 11.9 Å². The summed E-state index contributed by atoms with van der Waals surface area (Å²) in [6.07, 6.45) is 0. The number of halogens is 1. The van der Waals surface area contributed by atoms with Crippen LogP contribution < -0.4 is 5.32 Å². The van der Waals surface area contributed by atoms with Crippen LogP contribution in [-0.4, -0.2) is 23.6 Å². The number of esters is 1. The van der Waals surface area contributed by atoms with Gasteiger partial charge in [0.15, 0.2) is 6.61 Å². The van der Waals surface area contributed by atoms with E-state index >= 15 is 0 Å². The van der Waals surface area contributed by atoms with Crippen LogP contribution >= 0.6 is 27.7 Å². The molecular formula is C14H10BrN3O4S. The lowest BCUT2D eigenvalue weighted by Gasteiger charge is -2.08. The number of rotatable bonds is 5. The molecule has 0 aliphatic carbocycles. The zero-order chi connectivity index (χ0) is 16.8. The molecule has 7 nitrogen and oxygen atoms in total. The molecule has 1 aromatic carbocycles. The summed E-state index contributed by atoms with van der Waals surface area (Å²) < 4.78 is 10.2. The fraction of sp³-hybridized carbons (Fsp3) is 0.143. The van der Waals surface area contributed by atoms with Gasteiger partial charge < -0.3 is 14.6 Å². The number of carbonyl (C=O) groups excluding carboxylic acids is 2. The van der Waals surface area contributed by atoms with Gasteiger partial charge in [-0.15, -0.1) is 0 Å². The number of aromatic nitrogens is 1. The molecule has 0 aliphatic heterocycles. The minimum absolute atomic E-state index is 0.0608. The number of nitrogens with one attached hydrogen (secondary N) is 1. The van der Waals surface area contributed by atoms with Gasteiger partial charge in [0.2, 0.25) is 5.76 Å². The number of nitrogens with zero attached hydrogens (tertiary/aromatic N) is 2. The molecule has 2 rings (SSSR count). The molecule has 118 valence electrons. The molecule has 0 bridgehead atoms. The molecule has 0 saturated heterocycles. The highest BCUT2D eigenvalue weighted by atomic mass is 79.9. The van der Waals surface area contributed by atoms with E-state index in [1.807, 2.05) is 5.40 Å². The van der Waals surface area contributed by atoms with E-state index in [0.29, 0.717) is 15.9 Å². The summed E-state index contributed by atoms with van der Waals surface area (Å²) in [5.74, 6) is -1.33. The molecule has 1 amide bonds. The SMILES string of the molecule is Cc1cc(C(=O)OCC(=O)Nc2ccc(SC#N)cc2Br)on1. The smallest absolute Gasteiger partial charge is 0.377 e. The second-order valence-electron chi connectivity index (χ2n) is 4.29. The number of hydrogen-bond acceptors (Lipinski definition) is 7. The molecule has 0 unspecified atom stereocenters. The number of aryl methyl sites for hydroxylation is 1. The van der Waals surface area contributed by atoms with Crippen molar-refractivity contribution in [1.82, 2.24) is 5.16 Å². The van der Waals surface area contributed by atoms with Crippen molar-refractivity contribution in [2.45, 2.75) is 11.8 Å². The van der Waals surface area contributed by atoms with Gasteiger partial charge in [0.25, 0.3) is 5.91 Å². The number of ether oxygens (including phenoxy) is 1. The summed E-state index contributed by atoms with van der Waals surface area (Å²) in [5.41, 5.74) is 1.05. The lowest BCUT2D eigenvalue weighted by Crippen LogP contribution is -2.21. The highest BCUT2D eigenvalue weighted by Gasteiger charge is 2.15. The third-order valence-corrected chi connectivity index (χ3v) is 3.78. The summed E-state index contributed by atoms with van der Waals surface area (Å²) in [4.78, 5) is 24.2. The number of amides is 1. The summed E-state index contributed by atoms with van der Waals surface area (Å²) in [5, 5.41) is 16.7. The molecule has 2 aromatic rings. The zero-order valence-corrected chi connectivity index (χ0v) is 14.2. The van der Waals surface area contributed by atoms with E-state index in [2.05, 4.69) is 26.4 Å². The van der Waals surface area contributed by atoms with Gasteiger partial charge in [-0.1, -0.05) is 5.16 Å².